The summed E-state index contributed by atoms with van der Waals surface area (Å²) in [5, 5.41) is 17.8. The Kier molecular flexibility index (Phi) is 63.7. The Labute approximate surface area is 119 Å². The van der Waals surface area contributed by atoms with Crippen LogP contribution in [0.1, 0.15) is 53.4 Å². The number of hydrogen-bond donors (Lipinski definition) is 0. The van der Waals surface area contributed by atoms with E-state index in [1.54, 1.807) is 0 Å². The van der Waals surface area contributed by atoms with Crippen LogP contribution in [0.3, 0.4) is 0 Å². The molecule has 5 heteroatoms. The second-order valence-corrected chi connectivity index (χ2v) is 2.69. The molecule has 0 saturated carbocycles. The molecular formula is C12H24O4Zn-2. The average Bonchev–Trinajstić information content (AvgIpc) is 2.16. The van der Waals surface area contributed by atoms with E-state index in [1.807, 2.05) is 0 Å². The van der Waals surface area contributed by atoms with Crippen molar-refractivity contribution >= 4 is 11.9 Å². The smallest absolute Gasteiger partial charge is 0.550 e. The number of carbonyl (C=O) groups excluding carboxylic acids is 2. The van der Waals surface area contributed by atoms with Crippen LogP contribution in [-0.2, 0) is 29.1 Å². The van der Waals surface area contributed by atoms with Crippen LogP contribution in [0.4, 0.5) is 0 Å². The van der Waals surface area contributed by atoms with E-state index in [4.69, 9.17) is 19.8 Å². The molecular weight excluding hydrogens is 274 g/mol. The molecule has 4 nitrogen and oxygen atoms in total. The fourth-order valence-electron chi connectivity index (χ4n) is 0. The summed E-state index contributed by atoms with van der Waals surface area (Å²) in [5.74, 6) is -2.17. The number of aliphatic carboxylic acids is 2. The molecule has 0 aromatic carbocycles. The van der Waals surface area contributed by atoms with E-state index in [9.17, 15) is 0 Å². The Bertz CT molecular complexity index is 110. The quantitative estimate of drug-likeness (QED) is 0.556. The van der Waals surface area contributed by atoms with Gasteiger partial charge in [0.2, 0.25) is 0 Å². The largest absolute Gasteiger partial charge is 2.00 e. The molecule has 100 valence electrons. The van der Waals surface area contributed by atoms with E-state index in [1.165, 1.54) is 12.8 Å². The molecule has 0 aliphatic rings. The van der Waals surface area contributed by atoms with Gasteiger partial charge >= 0.3 is 19.5 Å². The van der Waals surface area contributed by atoms with Gasteiger partial charge in [0.15, 0.2) is 0 Å². The monoisotopic (exact) mass is 296 g/mol. The van der Waals surface area contributed by atoms with Crippen LogP contribution in [0.25, 0.3) is 0 Å². The summed E-state index contributed by atoms with van der Waals surface area (Å²) < 4.78 is 0. The van der Waals surface area contributed by atoms with E-state index in [-0.39, 0.29) is 19.5 Å². The molecule has 0 fully saturated rings. The predicted octanol–water partition coefficient (Wildman–Crippen LogP) is 0.751. The molecule has 0 rings (SSSR count). The van der Waals surface area contributed by atoms with Crippen molar-refractivity contribution in [1.82, 2.24) is 0 Å². The molecule has 0 N–H and O–H groups in total. The fourth-order valence-corrected chi connectivity index (χ4v) is 0. The minimum atomic E-state index is -1.08. The van der Waals surface area contributed by atoms with Crippen molar-refractivity contribution in [2.75, 3.05) is 0 Å². The zero-order chi connectivity index (χ0) is 14.0. The van der Waals surface area contributed by atoms with Gasteiger partial charge < -0.3 is 33.6 Å². The molecule has 0 atom stereocenters. The normalized spacial score (nSPS) is 6.47. The van der Waals surface area contributed by atoms with E-state index >= 15 is 0 Å². The van der Waals surface area contributed by atoms with Gasteiger partial charge in [-0.15, -0.1) is 0 Å². The van der Waals surface area contributed by atoms with Crippen LogP contribution in [-0.4, -0.2) is 11.9 Å². The van der Waals surface area contributed by atoms with Gasteiger partial charge in [-0.1, -0.05) is 26.7 Å². The topological polar surface area (TPSA) is 80.3 Å². The van der Waals surface area contributed by atoms with Crippen molar-refractivity contribution in [3.63, 3.8) is 0 Å². The number of carbonyl (C=O) groups is 2. The Hall–Kier alpha value is -0.437. The van der Waals surface area contributed by atoms with Crippen LogP contribution in [0.5, 0.6) is 0 Å². The molecule has 0 bridgehead atoms. The SMILES string of the molecule is CC(=O)[O-].CC(=O)[O-].[CH2-]CCC.[CH2-]CCC.[Zn+2]. The van der Waals surface area contributed by atoms with Crippen molar-refractivity contribution in [3.05, 3.63) is 13.8 Å². The van der Waals surface area contributed by atoms with Gasteiger partial charge in [-0.2, -0.15) is 12.8 Å². The molecule has 0 unspecified atom stereocenters. The molecule has 0 amide bonds. The van der Waals surface area contributed by atoms with Crippen LogP contribution in [0, 0.1) is 13.8 Å². The van der Waals surface area contributed by atoms with E-state index in [0.29, 0.717) is 0 Å². The molecule has 0 aliphatic heterocycles. The van der Waals surface area contributed by atoms with Gasteiger partial charge in [0.1, 0.15) is 0 Å². The average molecular weight is 298 g/mol. The molecule has 0 heterocycles. The van der Waals surface area contributed by atoms with E-state index in [0.717, 1.165) is 26.7 Å². The zero-order valence-corrected chi connectivity index (χ0v) is 14.5. The Morgan fingerprint density at radius 2 is 0.941 bits per heavy atom. The summed E-state index contributed by atoms with van der Waals surface area (Å²) in [7, 11) is 0. The van der Waals surface area contributed by atoms with Crippen LogP contribution in [0.2, 0.25) is 0 Å². The molecule has 17 heavy (non-hydrogen) atoms. The Balaban J connectivity index is -0.0000000369. The number of carboxylic acid groups (broad SMARTS) is 2. The molecule has 0 aromatic rings. The third-order valence-electron chi connectivity index (χ3n) is 0.707. The molecule has 0 aromatic heterocycles. The number of unbranched alkanes of at least 4 members (excludes halogenated alkanes) is 2. The minimum Gasteiger partial charge on any atom is -0.550 e. The van der Waals surface area contributed by atoms with E-state index < -0.39 is 11.9 Å². The van der Waals surface area contributed by atoms with E-state index in [2.05, 4.69) is 27.7 Å². The fraction of sp³-hybridized carbons (Fsp3) is 0.667. The van der Waals surface area contributed by atoms with Crippen molar-refractivity contribution < 1.29 is 39.3 Å². The second-order valence-electron chi connectivity index (χ2n) is 2.69. The van der Waals surface area contributed by atoms with Crippen LogP contribution in [0.15, 0.2) is 0 Å². The third kappa shape index (κ3) is 1170. The maximum absolute atomic E-state index is 8.89. The maximum atomic E-state index is 8.89. The number of hydrogen-bond acceptors (Lipinski definition) is 4. The first kappa shape index (κ1) is 30.0. The van der Waals surface area contributed by atoms with Gasteiger partial charge in [0.25, 0.3) is 0 Å². The molecule has 0 aliphatic carbocycles. The summed E-state index contributed by atoms with van der Waals surface area (Å²) in [6.45, 7) is 13.4. The molecule has 0 radical (unpaired) electrons. The van der Waals surface area contributed by atoms with Crippen molar-refractivity contribution in [1.29, 1.82) is 0 Å². The summed E-state index contributed by atoms with van der Waals surface area (Å²) in [6.07, 6.45) is 4.56. The maximum Gasteiger partial charge on any atom is 2.00 e. The number of carboxylic acids is 2. The van der Waals surface area contributed by atoms with Crippen LogP contribution < -0.4 is 10.2 Å². The van der Waals surface area contributed by atoms with Gasteiger partial charge in [-0.25, -0.2) is 0 Å². The molecule has 0 spiro atoms. The van der Waals surface area contributed by atoms with Gasteiger partial charge in [0.05, 0.1) is 0 Å². The summed E-state index contributed by atoms with van der Waals surface area (Å²) >= 11 is 0. The van der Waals surface area contributed by atoms with Gasteiger partial charge in [-0.3, -0.25) is 0 Å². The zero-order valence-electron chi connectivity index (χ0n) is 11.6. The van der Waals surface area contributed by atoms with Gasteiger partial charge in [0, 0.05) is 11.9 Å². The van der Waals surface area contributed by atoms with Crippen LogP contribution >= 0.6 is 0 Å². The second kappa shape index (κ2) is 36.1. The standard InChI is InChI=1S/2C4H9.2C2H4O2.Zn/c2*1-3-4-2;2*1-2(3)4;/h2*1,3-4H2,2H3;2*1H3,(H,3,4);/q2*-1;;;+2/p-2. The van der Waals surface area contributed by atoms with Crippen molar-refractivity contribution in [3.8, 4) is 0 Å². The summed E-state index contributed by atoms with van der Waals surface area (Å²) in [6, 6.07) is 0. The Morgan fingerprint density at radius 1 is 0.882 bits per heavy atom. The first-order valence-electron chi connectivity index (χ1n) is 5.23. The predicted molar refractivity (Wildman–Crippen MR) is 61.9 cm³/mol. The molecule has 0 saturated heterocycles. The van der Waals surface area contributed by atoms with Crippen molar-refractivity contribution in [2.45, 2.75) is 53.4 Å². The Morgan fingerprint density at radius 3 is 0.941 bits per heavy atom. The van der Waals surface area contributed by atoms with Gasteiger partial charge in [-0.05, 0) is 13.8 Å². The summed E-state index contributed by atoms with van der Waals surface area (Å²) in [4.78, 5) is 17.8. The summed E-state index contributed by atoms with van der Waals surface area (Å²) in [5.41, 5.74) is 0. The third-order valence-corrected chi connectivity index (χ3v) is 0.707. The minimum absolute atomic E-state index is 0. The number of rotatable bonds is 2. The van der Waals surface area contributed by atoms with Crippen molar-refractivity contribution in [2.24, 2.45) is 0 Å². The first-order chi connectivity index (χ1) is 7.29. The first-order valence-corrected chi connectivity index (χ1v) is 5.23.